The van der Waals surface area contributed by atoms with Crippen LogP contribution < -0.4 is 11.3 Å². The Labute approximate surface area is 93.2 Å². The van der Waals surface area contributed by atoms with E-state index < -0.39 is 0 Å². The lowest BCUT2D eigenvalue weighted by Crippen LogP contribution is -2.10. The van der Waals surface area contributed by atoms with E-state index in [1.165, 1.54) is 6.07 Å². The second-order valence-corrected chi connectivity index (χ2v) is 3.74. The van der Waals surface area contributed by atoms with Crippen LogP contribution in [0.25, 0.3) is 0 Å². The molecule has 1 aromatic heterocycles. The molecule has 2 rings (SSSR count). The maximum Gasteiger partial charge on any atom is 0.251 e. The third-order valence-corrected chi connectivity index (χ3v) is 2.25. The smallest absolute Gasteiger partial charge is 0.251 e. The van der Waals surface area contributed by atoms with E-state index in [4.69, 9.17) is 5.73 Å². The quantitative estimate of drug-likeness (QED) is 0.740. The van der Waals surface area contributed by atoms with Crippen molar-refractivity contribution in [3.05, 3.63) is 57.8 Å². The summed E-state index contributed by atoms with van der Waals surface area (Å²) in [6, 6.07) is 9.09. The topological polar surface area (TPSA) is 71.8 Å². The van der Waals surface area contributed by atoms with Gasteiger partial charge in [-0.3, -0.25) is 4.79 Å². The van der Waals surface area contributed by atoms with Crippen molar-refractivity contribution < 1.29 is 0 Å². The van der Waals surface area contributed by atoms with E-state index in [-0.39, 0.29) is 5.56 Å². The highest BCUT2D eigenvalue weighted by Crippen LogP contribution is 2.10. The largest absolute Gasteiger partial charge is 0.399 e. The fourth-order valence-corrected chi connectivity index (χ4v) is 1.64. The minimum atomic E-state index is -0.119. The number of hydrogen-bond donors (Lipinski definition) is 2. The van der Waals surface area contributed by atoms with Gasteiger partial charge in [0.2, 0.25) is 0 Å². The Bertz CT molecular complexity index is 560. The van der Waals surface area contributed by atoms with Gasteiger partial charge in [-0.2, -0.15) is 0 Å². The Morgan fingerprint density at radius 1 is 1.38 bits per heavy atom. The number of aryl methyl sites for hydroxylation is 1. The van der Waals surface area contributed by atoms with Crippen LogP contribution in [0.15, 0.2) is 35.1 Å². The molecule has 0 bridgehead atoms. The summed E-state index contributed by atoms with van der Waals surface area (Å²) in [4.78, 5) is 18.1. The Hall–Kier alpha value is -2.10. The molecule has 0 radical (unpaired) electrons. The molecule has 0 atom stereocenters. The van der Waals surface area contributed by atoms with E-state index in [1.54, 1.807) is 6.92 Å². The molecule has 0 aliphatic heterocycles. The Balaban J connectivity index is 2.30. The van der Waals surface area contributed by atoms with Gasteiger partial charge < -0.3 is 10.7 Å². The number of aromatic nitrogens is 2. The van der Waals surface area contributed by atoms with Crippen molar-refractivity contribution in [2.45, 2.75) is 13.3 Å². The molecule has 0 saturated carbocycles. The van der Waals surface area contributed by atoms with Crippen molar-refractivity contribution >= 4 is 5.69 Å². The SMILES string of the molecule is Cc1nc(Cc2cccc(N)c2)cc(=O)[nH]1. The highest BCUT2D eigenvalue weighted by molar-refractivity contribution is 5.41. The summed E-state index contributed by atoms with van der Waals surface area (Å²) >= 11 is 0. The molecular formula is C12H13N3O. The predicted octanol–water partition coefficient (Wildman–Crippen LogP) is 1.25. The van der Waals surface area contributed by atoms with Crippen molar-refractivity contribution in [2.24, 2.45) is 0 Å². The summed E-state index contributed by atoms with van der Waals surface area (Å²) in [6.45, 7) is 1.77. The summed E-state index contributed by atoms with van der Waals surface area (Å²) < 4.78 is 0. The Morgan fingerprint density at radius 3 is 2.88 bits per heavy atom. The first-order valence-corrected chi connectivity index (χ1v) is 5.05. The average Bonchev–Trinajstić information content (AvgIpc) is 2.15. The monoisotopic (exact) mass is 215 g/mol. The normalized spacial score (nSPS) is 10.3. The second-order valence-electron chi connectivity index (χ2n) is 3.74. The number of rotatable bonds is 2. The van der Waals surface area contributed by atoms with Crippen LogP contribution in [0.3, 0.4) is 0 Å². The minimum Gasteiger partial charge on any atom is -0.399 e. The molecular weight excluding hydrogens is 202 g/mol. The molecule has 0 fully saturated rings. The molecule has 3 N–H and O–H groups in total. The fourth-order valence-electron chi connectivity index (χ4n) is 1.64. The zero-order valence-electron chi connectivity index (χ0n) is 9.03. The number of nitrogens with zero attached hydrogens (tertiary/aromatic N) is 1. The molecule has 4 heteroatoms. The van der Waals surface area contributed by atoms with Gasteiger partial charge >= 0.3 is 0 Å². The number of nitrogen functional groups attached to an aromatic ring is 1. The van der Waals surface area contributed by atoms with Crippen LogP contribution in [-0.2, 0) is 6.42 Å². The van der Waals surface area contributed by atoms with Crippen LogP contribution >= 0.6 is 0 Å². The summed E-state index contributed by atoms with van der Waals surface area (Å²) in [7, 11) is 0. The lowest BCUT2D eigenvalue weighted by Gasteiger charge is -2.02. The highest BCUT2D eigenvalue weighted by atomic mass is 16.1. The number of nitrogens with one attached hydrogen (secondary N) is 1. The van der Waals surface area contributed by atoms with Gasteiger partial charge in [0.15, 0.2) is 0 Å². The molecule has 0 unspecified atom stereocenters. The molecule has 1 aromatic carbocycles. The molecule has 4 nitrogen and oxygen atoms in total. The highest BCUT2D eigenvalue weighted by Gasteiger charge is 2.00. The molecule has 0 amide bonds. The van der Waals surface area contributed by atoms with Crippen LogP contribution in [0, 0.1) is 6.92 Å². The van der Waals surface area contributed by atoms with Crippen molar-refractivity contribution in [1.29, 1.82) is 0 Å². The van der Waals surface area contributed by atoms with E-state index >= 15 is 0 Å². The third kappa shape index (κ3) is 2.48. The molecule has 1 heterocycles. The maximum absolute atomic E-state index is 11.2. The van der Waals surface area contributed by atoms with Crippen LogP contribution in [0.4, 0.5) is 5.69 Å². The molecule has 2 aromatic rings. The Kier molecular flexibility index (Phi) is 2.72. The third-order valence-electron chi connectivity index (χ3n) is 2.25. The first kappa shape index (κ1) is 10.4. The van der Waals surface area contributed by atoms with Gasteiger partial charge in [0.05, 0.1) is 5.69 Å². The van der Waals surface area contributed by atoms with Crippen LogP contribution in [0.2, 0.25) is 0 Å². The molecule has 0 spiro atoms. The van der Waals surface area contributed by atoms with Gasteiger partial charge in [0.1, 0.15) is 5.82 Å². The van der Waals surface area contributed by atoms with Crippen molar-refractivity contribution in [3.63, 3.8) is 0 Å². The summed E-state index contributed by atoms with van der Waals surface area (Å²) in [6.07, 6.45) is 0.621. The van der Waals surface area contributed by atoms with Gasteiger partial charge in [0, 0.05) is 18.2 Å². The standard InChI is InChI=1S/C12H13N3O/c1-8-14-11(7-12(16)15-8)6-9-3-2-4-10(13)5-9/h2-5,7H,6,13H2,1H3,(H,14,15,16). The zero-order chi connectivity index (χ0) is 11.5. The molecule has 82 valence electrons. The van der Waals surface area contributed by atoms with E-state index in [0.717, 1.165) is 16.9 Å². The average molecular weight is 215 g/mol. The Morgan fingerprint density at radius 2 is 2.19 bits per heavy atom. The van der Waals surface area contributed by atoms with Gasteiger partial charge in [-0.15, -0.1) is 0 Å². The molecule has 0 aliphatic rings. The molecule has 0 aliphatic carbocycles. The van der Waals surface area contributed by atoms with Crippen molar-refractivity contribution in [1.82, 2.24) is 9.97 Å². The van der Waals surface area contributed by atoms with Crippen LogP contribution in [0.5, 0.6) is 0 Å². The number of benzene rings is 1. The number of H-pyrrole nitrogens is 1. The number of hydrogen-bond acceptors (Lipinski definition) is 3. The number of anilines is 1. The number of nitrogens with two attached hydrogens (primary N) is 1. The van der Waals surface area contributed by atoms with Gasteiger partial charge in [-0.25, -0.2) is 4.98 Å². The van der Waals surface area contributed by atoms with Gasteiger partial charge in [-0.05, 0) is 24.6 Å². The summed E-state index contributed by atoms with van der Waals surface area (Å²) in [5.41, 5.74) is 8.10. The predicted molar refractivity (Wildman–Crippen MR) is 63.3 cm³/mol. The zero-order valence-corrected chi connectivity index (χ0v) is 9.03. The van der Waals surface area contributed by atoms with E-state index in [2.05, 4.69) is 9.97 Å². The van der Waals surface area contributed by atoms with Crippen molar-refractivity contribution in [2.75, 3.05) is 5.73 Å². The number of aromatic amines is 1. The molecule has 16 heavy (non-hydrogen) atoms. The first-order valence-electron chi connectivity index (χ1n) is 5.05. The van der Waals surface area contributed by atoms with Gasteiger partial charge in [0.25, 0.3) is 5.56 Å². The van der Waals surface area contributed by atoms with E-state index in [0.29, 0.717) is 12.2 Å². The van der Waals surface area contributed by atoms with Crippen LogP contribution in [-0.4, -0.2) is 9.97 Å². The summed E-state index contributed by atoms with van der Waals surface area (Å²) in [5.74, 6) is 0.631. The van der Waals surface area contributed by atoms with Gasteiger partial charge in [-0.1, -0.05) is 12.1 Å². The van der Waals surface area contributed by atoms with Crippen LogP contribution in [0.1, 0.15) is 17.1 Å². The summed E-state index contributed by atoms with van der Waals surface area (Å²) in [5, 5.41) is 0. The fraction of sp³-hybridized carbons (Fsp3) is 0.167. The van der Waals surface area contributed by atoms with E-state index in [1.807, 2.05) is 24.3 Å². The second kappa shape index (κ2) is 4.18. The lowest BCUT2D eigenvalue weighted by atomic mass is 10.1. The lowest BCUT2D eigenvalue weighted by molar-refractivity contribution is 0.946. The molecule has 0 saturated heterocycles. The van der Waals surface area contributed by atoms with E-state index in [9.17, 15) is 4.79 Å². The first-order chi connectivity index (χ1) is 7.63. The van der Waals surface area contributed by atoms with Crippen molar-refractivity contribution in [3.8, 4) is 0 Å². The maximum atomic E-state index is 11.2. The minimum absolute atomic E-state index is 0.119.